The summed E-state index contributed by atoms with van der Waals surface area (Å²) in [5, 5.41) is 15.7. The van der Waals surface area contributed by atoms with E-state index in [-0.39, 0.29) is 5.92 Å². The molecule has 1 unspecified atom stereocenters. The fourth-order valence-electron chi connectivity index (χ4n) is 2.38. The Hall–Kier alpha value is -1.26. The summed E-state index contributed by atoms with van der Waals surface area (Å²) in [6, 6.07) is -0.443. The van der Waals surface area contributed by atoms with E-state index in [1.807, 2.05) is 0 Å². The second-order valence-corrected chi connectivity index (χ2v) is 4.48. The fraction of sp³-hybridized carbons (Fsp3) is 0.909. The molecule has 6 heteroatoms. The molecule has 17 heavy (non-hydrogen) atoms. The number of azide groups is 1. The monoisotopic (exact) mass is 240 g/mol. The van der Waals surface area contributed by atoms with E-state index in [4.69, 9.17) is 5.53 Å². The van der Waals surface area contributed by atoms with Crippen LogP contribution in [0.25, 0.3) is 10.4 Å². The van der Waals surface area contributed by atoms with E-state index in [9.17, 15) is 9.90 Å². The number of carbonyl (C=O) groups is 1. The van der Waals surface area contributed by atoms with Gasteiger partial charge in [0.1, 0.15) is 6.04 Å². The minimum atomic E-state index is -0.763. The van der Waals surface area contributed by atoms with E-state index < -0.39 is 12.0 Å². The first-order chi connectivity index (χ1) is 8.25. The molecule has 0 saturated heterocycles. The van der Waals surface area contributed by atoms with Gasteiger partial charge in [0.05, 0.1) is 0 Å². The Labute approximate surface area is 101 Å². The van der Waals surface area contributed by atoms with Crippen molar-refractivity contribution in [2.75, 3.05) is 13.1 Å². The maximum Gasteiger partial charge on any atom is 0.320 e. The van der Waals surface area contributed by atoms with Crippen molar-refractivity contribution in [1.82, 2.24) is 5.32 Å². The maximum absolute atomic E-state index is 11.2. The predicted octanol–water partition coefficient (Wildman–Crippen LogP) is 2.31. The molecular formula is C11H20N4O2. The molecule has 1 fully saturated rings. The summed E-state index contributed by atoms with van der Waals surface area (Å²) >= 11 is 0. The number of carboxylic acid groups (broad SMARTS) is 1. The predicted molar refractivity (Wildman–Crippen MR) is 64.6 cm³/mol. The smallest absolute Gasteiger partial charge is 0.320 e. The van der Waals surface area contributed by atoms with Gasteiger partial charge < -0.3 is 10.4 Å². The highest BCUT2D eigenvalue weighted by atomic mass is 16.4. The summed E-state index contributed by atoms with van der Waals surface area (Å²) < 4.78 is 0. The molecule has 96 valence electrons. The van der Waals surface area contributed by atoms with E-state index in [0.29, 0.717) is 19.5 Å². The van der Waals surface area contributed by atoms with Crippen LogP contribution in [0, 0.1) is 5.92 Å². The Bertz CT molecular complexity index is 283. The molecule has 6 nitrogen and oxygen atoms in total. The first-order valence-corrected chi connectivity index (χ1v) is 6.22. The Morgan fingerprint density at radius 1 is 1.47 bits per heavy atom. The SMILES string of the molecule is [N-]=[N+]=NCCCNC(C(=O)O)C1CCCCC1. The van der Waals surface area contributed by atoms with Crippen LogP contribution in [0.3, 0.4) is 0 Å². The summed E-state index contributed by atoms with van der Waals surface area (Å²) in [5.74, 6) is -0.513. The molecule has 1 atom stereocenters. The first kappa shape index (κ1) is 13.8. The lowest BCUT2D eigenvalue weighted by atomic mass is 9.84. The number of hydrogen-bond acceptors (Lipinski definition) is 3. The van der Waals surface area contributed by atoms with Crippen LogP contribution in [0.15, 0.2) is 5.11 Å². The van der Waals surface area contributed by atoms with Crippen molar-refractivity contribution in [3.63, 3.8) is 0 Å². The minimum Gasteiger partial charge on any atom is -0.480 e. The van der Waals surface area contributed by atoms with Gasteiger partial charge in [-0.25, -0.2) is 0 Å². The zero-order valence-corrected chi connectivity index (χ0v) is 10.0. The number of aliphatic carboxylic acids is 1. The van der Waals surface area contributed by atoms with Crippen LogP contribution in [-0.4, -0.2) is 30.2 Å². The highest BCUT2D eigenvalue weighted by Gasteiger charge is 2.28. The van der Waals surface area contributed by atoms with Gasteiger partial charge in [0.2, 0.25) is 0 Å². The quantitative estimate of drug-likeness (QED) is 0.309. The number of carboxylic acids is 1. The Morgan fingerprint density at radius 3 is 2.76 bits per heavy atom. The van der Waals surface area contributed by atoms with Gasteiger partial charge in [0, 0.05) is 11.5 Å². The molecule has 0 heterocycles. The van der Waals surface area contributed by atoms with E-state index in [1.165, 1.54) is 6.42 Å². The summed E-state index contributed by atoms with van der Waals surface area (Å²) in [7, 11) is 0. The number of hydrogen-bond donors (Lipinski definition) is 2. The zero-order valence-electron chi connectivity index (χ0n) is 10.0. The average molecular weight is 240 g/mol. The Morgan fingerprint density at radius 2 is 2.18 bits per heavy atom. The molecule has 2 N–H and O–H groups in total. The normalized spacial score (nSPS) is 18.4. The van der Waals surface area contributed by atoms with E-state index in [0.717, 1.165) is 25.7 Å². The van der Waals surface area contributed by atoms with Crippen LogP contribution in [0.4, 0.5) is 0 Å². The second kappa shape index (κ2) is 7.92. The van der Waals surface area contributed by atoms with Gasteiger partial charge in [-0.15, -0.1) is 0 Å². The molecule has 0 aromatic heterocycles. The lowest BCUT2D eigenvalue weighted by Crippen LogP contribution is -2.44. The topological polar surface area (TPSA) is 98.1 Å². The molecule has 1 saturated carbocycles. The summed E-state index contributed by atoms with van der Waals surface area (Å²) in [4.78, 5) is 13.8. The van der Waals surface area contributed by atoms with Crippen molar-refractivity contribution >= 4 is 5.97 Å². The van der Waals surface area contributed by atoms with Gasteiger partial charge in [-0.1, -0.05) is 24.4 Å². The summed E-state index contributed by atoms with van der Waals surface area (Å²) in [5.41, 5.74) is 8.11. The van der Waals surface area contributed by atoms with Gasteiger partial charge in [0.15, 0.2) is 0 Å². The van der Waals surface area contributed by atoms with Crippen molar-refractivity contribution in [1.29, 1.82) is 0 Å². The minimum absolute atomic E-state index is 0.251. The zero-order chi connectivity index (χ0) is 12.5. The van der Waals surface area contributed by atoms with Crippen LogP contribution in [-0.2, 0) is 4.79 Å². The highest BCUT2D eigenvalue weighted by molar-refractivity contribution is 5.73. The van der Waals surface area contributed by atoms with Gasteiger partial charge in [-0.05, 0) is 37.3 Å². The third-order valence-corrected chi connectivity index (χ3v) is 3.25. The third kappa shape index (κ3) is 5.06. The molecule has 0 aromatic carbocycles. The molecule has 1 aliphatic rings. The van der Waals surface area contributed by atoms with E-state index in [1.54, 1.807) is 0 Å². The van der Waals surface area contributed by atoms with Crippen molar-refractivity contribution in [3.05, 3.63) is 10.4 Å². The lowest BCUT2D eigenvalue weighted by molar-refractivity contribution is -0.141. The van der Waals surface area contributed by atoms with Gasteiger partial charge >= 0.3 is 5.97 Å². The molecule has 0 spiro atoms. The maximum atomic E-state index is 11.2. The number of nitrogens with one attached hydrogen (secondary N) is 1. The molecule has 0 radical (unpaired) electrons. The fourth-order valence-corrected chi connectivity index (χ4v) is 2.38. The highest BCUT2D eigenvalue weighted by Crippen LogP contribution is 2.26. The molecule has 1 rings (SSSR count). The van der Waals surface area contributed by atoms with Crippen LogP contribution in [0.2, 0.25) is 0 Å². The lowest BCUT2D eigenvalue weighted by Gasteiger charge is -2.28. The van der Waals surface area contributed by atoms with E-state index in [2.05, 4.69) is 15.3 Å². The standard InChI is InChI=1S/C11H20N4O2/c12-15-14-8-4-7-13-10(11(16)17)9-5-2-1-3-6-9/h9-10,13H,1-8H2,(H,16,17). The number of nitrogens with zero attached hydrogens (tertiary/aromatic N) is 3. The average Bonchev–Trinajstić information content (AvgIpc) is 2.34. The van der Waals surface area contributed by atoms with Crippen LogP contribution >= 0.6 is 0 Å². The molecular weight excluding hydrogens is 220 g/mol. The van der Waals surface area contributed by atoms with Gasteiger partial charge in [-0.2, -0.15) is 0 Å². The van der Waals surface area contributed by atoms with E-state index >= 15 is 0 Å². The van der Waals surface area contributed by atoms with Crippen LogP contribution in [0.5, 0.6) is 0 Å². The van der Waals surface area contributed by atoms with Crippen molar-refractivity contribution in [2.24, 2.45) is 11.0 Å². The van der Waals surface area contributed by atoms with Crippen LogP contribution in [0.1, 0.15) is 38.5 Å². The molecule has 0 amide bonds. The molecule has 0 bridgehead atoms. The second-order valence-electron chi connectivity index (χ2n) is 4.48. The molecule has 0 aliphatic heterocycles. The number of rotatable bonds is 7. The van der Waals surface area contributed by atoms with Gasteiger partial charge in [-0.3, -0.25) is 4.79 Å². The first-order valence-electron chi connectivity index (χ1n) is 6.22. The van der Waals surface area contributed by atoms with Crippen LogP contribution < -0.4 is 5.32 Å². The van der Waals surface area contributed by atoms with Crippen molar-refractivity contribution in [2.45, 2.75) is 44.6 Å². The molecule has 0 aromatic rings. The molecule has 1 aliphatic carbocycles. The summed E-state index contributed by atoms with van der Waals surface area (Å²) in [6.07, 6.45) is 6.17. The van der Waals surface area contributed by atoms with Crippen molar-refractivity contribution < 1.29 is 9.90 Å². The Balaban J connectivity index is 2.32. The van der Waals surface area contributed by atoms with Crippen molar-refractivity contribution in [3.8, 4) is 0 Å². The van der Waals surface area contributed by atoms with Gasteiger partial charge in [0.25, 0.3) is 0 Å². The summed E-state index contributed by atoms with van der Waals surface area (Å²) in [6.45, 7) is 1.01. The largest absolute Gasteiger partial charge is 0.480 e. The Kier molecular flexibility index (Phi) is 6.43. The third-order valence-electron chi connectivity index (χ3n) is 3.25.